The largest absolute Gasteiger partial charge is 0.309 e. The van der Waals surface area contributed by atoms with Crippen molar-refractivity contribution in [3.63, 3.8) is 0 Å². The van der Waals surface area contributed by atoms with Crippen molar-refractivity contribution in [2.24, 2.45) is 0 Å². The maximum Gasteiger partial charge on any atom is 0.163 e. The Kier molecular flexibility index (Phi) is 9.26. The Hall–Kier alpha value is -1.38. The average molecular weight is 516 g/mol. The van der Waals surface area contributed by atoms with Gasteiger partial charge in [-0.1, -0.05) is 76.1 Å². The van der Waals surface area contributed by atoms with Gasteiger partial charge >= 0.3 is 0 Å². The Morgan fingerprint density at radius 3 is 1.64 bits per heavy atom. The molecule has 0 radical (unpaired) electrons. The van der Waals surface area contributed by atoms with E-state index in [0.29, 0.717) is 0 Å². The van der Waals surface area contributed by atoms with Gasteiger partial charge in [-0.15, -0.1) is 22.7 Å². The highest BCUT2D eigenvalue weighted by atomic mass is 32.2. The molecule has 0 bridgehead atoms. The first-order valence-electron chi connectivity index (χ1n) is 12.1. The molecule has 0 saturated carbocycles. The van der Waals surface area contributed by atoms with Crippen LogP contribution in [0.5, 0.6) is 0 Å². The highest BCUT2D eigenvalue weighted by Crippen LogP contribution is 2.26. The number of benzene rings is 2. The summed E-state index contributed by atoms with van der Waals surface area (Å²) in [6.07, 6.45) is 10.6. The molecule has 0 atom stereocenters. The molecule has 33 heavy (non-hydrogen) atoms. The molecule has 3 nitrogen and oxygen atoms in total. The summed E-state index contributed by atoms with van der Waals surface area (Å²) in [5.41, 5.74) is 2.46. The first kappa shape index (κ1) is 24.7. The molecule has 0 N–H and O–H groups in total. The van der Waals surface area contributed by atoms with Crippen LogP contribution < -0.4 is 0 Å². The molecule has 7 heteroatoms. The van der Waals surface area contributed by atoms with Crippen LogP contribution in [0.1, 0.15) is 58.3 Å². The van der Waals surface area contributed by atoms with E-state index in [2.05, 4.69) is 69.5 Å². The zero-order chi connectivity index (χ0) is 23.0. The second-order valence-electron chi connectivity index (χ2n) is 8.68. The molecule has 0 aliphatic carbocycles. The monoisotopic (exact) mass is 515 g/mol. The minimum atomic E-state index is 0.797. The smallest absolute Gasteiger partial charge is 0.163 e. The number of unbranched alkanes of at least 4 members (excludes halogenated alkanes) is 7. The topological polar surface area (TPSA) is 13.1 Å². The minimum absolute atomic E-state index is 0.797. The second kappa shape index (κ2) is 12.4. The molecule has 0 aliphatic heterocycles. The molecule has 2 aromatic heterocycles. The summed E-state index contributed by atoms with van der Waals surface area (Å²) in [5, 5.41) is 0. The third kappa shape index (κ3) is 6.40. The van der Waals surface area contributed by atoms with Gasteiger partial charge in [-0.25, -0.2) is 0 Å². The Morgan fingerprint density at radius 1 is 0.667 bits per heavy atom. The van der Waals surface area contributed by atoms with E-state index >= 15 is 0 Å². The zero-order valence-electron chi connectivity index (χ0n) is 19.4. The lowest BCUT2D eigenvalue weighted by Gasteiger charge is -2.24. The third-order valence-electron chi connectivity index (χ3n) is 6.16. The second-order valence-corrected chi connectivity index (χ2v) is 12.0. The lowest BCUT2D eigenvalue weighted by molar-refractivity contribution is 0.171. The SMILES string of the molecule is CCCCCCCCCCN(Cn1c(=S)sc2ccccc21)Cn1c(=S)sc2ccccc21. The van der Waals surface area contributed by atoms with E-state index in [1.54, 1.807) is 22.7 Å². The van der Waals surface area contributed by atoms with Gasteiger partial charge in [-0.05, 0) is 55.1 Å². The number of thiazole rings is 2. The third-order valence-corrected chi connectivity index (χ3v) is 9.02. The van der Waals surface area contributed by atoms with Gasteiger partial charge in [0.15, 0.2) is 7.91 Å². The predicted octanol–water partition coefficient (Wildman–Crippen LogP) is 9.24. The molecule has 2 heterocycles. The summed E-state index contributed by atoms with van der Waals surface area (Å²) < 4.78 is 8.97. The molecule has 0 fully saturated rings. The van der Waals surface area contributed by atoms with E-state index in [1.807, 2.05) is 0 Å². The first-order valence-corrected chi connectivity index (χ1v) is 14.5. The standard InChI is InChI=1S/C26H33N3S4/c1-2-3-4-5-6-7-8-13-18-27(19-28-21-14-9-11-16-23(21)32-25(28)30)20-29-22-15-10-12-17-24(22)33-26(29)31/h9-12,14-17H,2-8,13,18-20H2,1H3. The normalized spacial score (nSPS) is 11.8. The molecule has 0 spiro atoms. The molecule has 0 amide bonds. The summed E-state index contributed by atoms with van der Waals surface area (Å²) in [4.78, 5) is 2.51. The molecule has 2 aromatic carbocycles. The quantitative estimate of drug-likeness (QED) is 0.130. The molecule has 0 saturated heterocycles. The highest BCUT2D eigenvalue weighted by Gasteiger charge is 2.13. The van der Waals surface area contributed by atoms with Crippen molar-refractivity contribution in [3.8, 4) is 0 Å². The van der Waals surface area contributed by atoms with Gasteiger partial charge in [0.25, 0.3) is 0 Å². The fourth-order valence-electron chi connectivity index (χ4n) is 4.35. The number of nitrogens with zero attached hydrogens (tertiary/aromatic N) is 3. The van der Waals surface area contributed by atoms with E-state index in [1.165, 1.54) is 71.8 Å². The highest BCUT2D eigenvalue weighted by molar-refractivity contribution is 7.74. The zero-order valence-corrected chi connectivity index (χ0v) is 22.6. The van der Waals surface area contributed by atoms with Gasteiger partial charge in [-0.2, -0.15) is 0 Å². The van der Waals surface area contributed by atoms with Crippen molar-refractivity contribution >= 4 is 67.5 Å². The van der Waals surface area contributed by atoms with Gasteiger partial charge < -0.3 is 9.13 Å². The summed E-state index contributed by atoms with van der Waals surface area (Å²) in [7, 11) is 0. The van der Waals surface area contributed by atoms with E-state index in [-0.39, 0.29) is 0 Å². The van der Waals surface area contributed by atoms with Crippen LogP contribution in [-0.4, -0.2) is 20.6 Å². The van der Waals surface area contributed by atoms with Crippen molar-refractivity contribution in [3.05, 3.63) is 56.4 Å². The van der Waals surface area contributed by atoms with E-state index < -0.39 is 0 Å². The van der Waals surface area contributed by atoms with Crippen molar-refractivity contribution in [2.75, 3.05) is 6.54 Å². The molecule has 4 rings (SSSR count). The predicted molar refractivity (Wildman–Crippen MR) is 151 cm³/mol. The molecule has 0 unspecified atom stereocenters. The minimum Gasteiger partial charge on any atom is -0.309 e. The van der Waals surface area contributed by atoms with E-state index in [4.69, 9.17) is 24.4 Å². The molecular weight excluding hydrogens is 483 g/mol. The van der Waals surface area contributed by atoms with Crippen LogP contribution in [0.4, 0.5) is 0 Å². The summed E-state index contributed by atoms with van der Waals surface area (Å²) in [6, 6.07) is 17.1. The van der Waals surface area contributed by atoms with Crippen LogP contribution in [0, 0.1) is 7.91 Å². The van der Waals surface area contributed by atoms with Gasteiger partial charge in [-0.3, -0.25) is 4.90 Å². The van der Waals surface area contributed by atoms with Gasteiger partial charge in [0.1, 0.15) is 0 Å². The molecule has 0 aliphatic rings. The Bertz CT molecular complexity index is 1190. The van der Waals surface area contributed by atoms with Crippen LogP contribution in [-0.2, 0) is 13.3 Å². The lowest BCUT2D eigenvalue weighted by Crippen LogP contribution is -2.30. The Balaban J connectivity index is 1.48. The fraction of sp³-hybridized carbons (Fsp3) is 0.462. The van der Waals surface area contributed by atoms with Crippen LogP contribution >= 0.6 is 47.1 Å². The van der Waals surface area contributed by atoms with Crippen molar-refractivity contribution in [1.29, 1.82) is 0 Å². The van der Waals surface area contributed by atoms with Gasteiger partial charge in [0.2, 0.25) is 0 Å². The number of rotatable bonds is 13. The maximum atomic E-state index is 5.76. The lowest BCUT2D eigenvalue weighted by atomic mass is 10.1. The number of para-hydroxylation sites is 2. The van der Waals surface area contributed by atoms with Crippen LogP contribution in [0.15, 0.2) is 48.5 Å². The maximum absolute atomic E-state index is 5.76. The molecule has 4 aromatic rings. The fourth-order valence-corrected chi connectivity index (χ4v) is 6.97. The average Bonchev–Trinajstić information content (AvgIpc) is 3.31. The Labute approximate surface area is 215 Å². The van der Waals surface area contributed by atoms with Crippen LogP contribution in [0.2, 0.25) is 0 Å². The Morgan fingerprint density at radius 2 is 1.12 bits per heavy atom. The van der Waals surface area contributed by atoms with Gasteiger partial charge in [0, 0.05) is 6.54 Å². The summed E-state index contributed by atoms with van der Waals surface area (Å²) in [5.74, 6) is 0. The van der Waals surface area contributed by atoms with E-state index in [0.717, 1.165) is 27.8 Å². The van der Waals surface area contributed by atoms with Crippen LogP contribution in [0.25, 0.3) is 20.4 Å². The van der Waals surface area contributed by atoms with Gasteiger partial charge in [0.05, 0.1) is 33.8 Å². The first-order chi connectivity index (χ1) is 16.2. The number of hydrogen-bond acceptors (Lipinski definition) is 5. The van der Waals surface area contributed by atoms with Crippen molar-refractivity contribution in [1.82, 2.24) is 14.0 Å². The number of hydrogen-bond donors (Lipinski definition) is 0. The molecule has 176 valence electrons. The number of fused-ring (bicyclic) bond motifs is 2. The summed E-state index contributed by atoms with van der Waals surface area (Å²) >= 11 is 14.9. The van der Waals surface area contributed by atoms with E-state index in [9.17, 15) is 0 Å². The number of aromatic nitrogens is 2. The molecular formula is C26H33N3S4. The van der Waals surface area contributed by atoms with Crippen molar-refractivity contribution < 1.29 is 0 Å². The van der Waals surface area contributed by atoms with Crippen LogP contribution in [0.3, 0.4) is 0 Å². The summed E-state index contributed by atoms with van der Waals surface area (Å²) in [6.45, 7) is 4.92. The van der Waals surface area contributed by atoms with Crippen molar-refractivity contribution in [2.45, 2.75) is 71.6 Å².